The van der Waals surface area contributed by atoms with E-state index in [1.165, 1.54) is 0 Å². The quantitative estimate of drug-likeness (QED) is 0.574. The maximum atomic E-state index is 13.0. The Hall–Kier alpha value is -3.58. The van der Waals surface area contributed by atoms with Crippen molar-refractivity contribution < 1.29 is 19.0 Å². The number of morpholine rings is 1. The van der Waals surface area contributed by atoms with E-state index in [4.69, 9.17) is 14.2 Å². The van der Waals surface area contributed by atoms with Crippen molar-refractivity contribution in [1.82, 2.24) is 14.5 Å². The van der Waals surface area contributed by atoms with Crippen molar-refractivity contribution in [2.24, 2.45) is 0 Å². The number of imidazole rings is 1. The number of hydrogen-bond donors (Lipinski definition) is 0. The van der Waals surface area contributed by atoms with Gasteiger partial charge in [0.2, 0.25) is 5.91 Å². The smallest absolute Gasteiger partial charge is 0.247 e. The first-order valence-electron chi connectivity index (χ1n) is 10.1. The summed E-state index contributed by atoms with van der Waals surface area (Å²) in [4.78, 5) is 18.9. The van der Waals surface area contributed by atoms with Crippen LogP contribution in [-0.2, 0) is 9.53 Å². The second-order valence-corrected chi connectivity index (χ2v) is 7.08. The van der Waals surface area contributed by atoms with Crippen LogP contribution in [0.2, 0.25) is 0 Å². The summed E-state index contributed by atoms with van der Waals surface area (Å²) < 4.78 is 18.2. The standard InChI is InChI=1S/C24H25N3O4/c1-29-22-8-5-19(15-23(22)30-2)21(16-24(28)26-11-13-31-14-12-26)18-3-6-20(7-4-18)27-10-9-25-17-27/h3-10,15-17H,11-14H2,1-2H3. The molecular weight excluding hydrogens is 394 g/mol. The minimum absolute atomic E-state index is 0.0354. The lowest BCUT2D eigenvalue weighted by atomic mass is 9.96. The summed E-state index contributed by atoms with van der Waals surface area (Å²) in [7, 11) is 3.20. The van der Waals surface area contributed by atoms with Gasteiger partial charge in [-0.2, -0.15) is 0 Å². The zero-order valence-corrected chi connectivity index (χ0v) is 17.7. The van der Waals surface area contributed by atoms with Crippen LogP contribution in [0, 0.1) is 0 Å². The van der Waals surface area contributed by atoms with Crippen LogP contribution >= 0.6 is 0 Å². The number of methoxy groups -OCH3 is 2. The fraction of sp³-hybridized carbons (Fsp3) is 0.250. The van der Waals surface area contributed by atoms with Gasteiger partial charge in [0.05, 0.1) is 33.8 Å². The Morgan fingerprint density at radius 3 is 2.35 bits per heavy atom. The number of rotatable bonds is 6. The SMILES string of the molecule is COc1ccc(C(=CC(=O)N2CCOCC2)c2ccc(-n3ccnc3)cc2)cc1OC. The van der Waals surface area contributed by atoms with E-state index in [2.05, 4.69) is 4.98 Å². The largest absolute Gasteiger partial charge is 0.493 e. The number of carbonyl (C=O) groups excluding carboxylic acids is 1. The molecule has 0 spiro atoms. The molecule has 1 aromatic heterocycles. The topological polar surface area (TPSA) is 65.8 Å². The predicted octanol–water partition coefficient (Wildman–Crippen LogP) is 3.18. The highest BCUT2D eigenvalue weighted by molar-refractivity contribution is 5.99. The molecule has 0 radical (unpaired) electrons. The molecule has 4 rings (SSSR count). The molecule has 1 saturated heterocycles. The molecule has 7 heteroatoms. The first-order valence-corrected chi connectivity index (χ1v) is 10.1. The Kier molecular flexibility index (Phi) is 6.33. The molecule has 2 heterocycles. The van der Waals surface area contributed by atoms with Crippen LogP contribution in [0.3, 0.4) is 0 Å². The molecule has 1 aliphatic rings. The molecule has 1 aliphatic heterocycles. The van der Waals surface area contributed by atoms with E-state index in [1.54, 1.807) is 32.8 Å². The van der Waals surface area contributed by atoms with Crippen LogP contribution in [0.15, 0.2) is 67.3 Å². The summed E-state index contributed by atoms with van der Waals surface area (Å²) in [5, 5.41) is 0. The van der Waals surface area contributed by atoms with Crippen molar-refractivity contribution in [2.45, 2.75) is 0 Å². The number of hydrogen-bond acceptors (Lipinski definition) is 5. The van der Waals surface area contributed by atoms with Gasteiger partial charge in [0.1, 0.15) is 0 Å². The Morgan fingerprint density at radius 1 is 1.00 bits per heavy atom. The van der Waals surface area contributed by atoms with Crippen LogP contribution in [0.1, 0.15) is 11.1 Å². The summed E-state index contributed by atoms with van der Waals surface area (Å²) in [6.07, 6.45) is 7.08. The fourth-order valence-electron chi connectivity index (χ4n) is 3.56. The third-order valence-electron chi connectivity index (χ3n) is 5.27. The van der Waals surface area contributed by atoms with Crippen molar-refractivity contribution >= 4 is 11.5 Å². The Bertz CT molecular complexity index is 1050. The number of carbonyl (C=O) groups is 1. The number of benzene rings is 2. The zero-order chi connectivity index (χ0) is 21.6. The Morgan fingerprint density at radius 2 is 1.71 bits per heavy atom. The van der Waals surface area contributed by atoms with Gasteiger partial charge in [-0.25, -0.2) is 4.98 Å². The molecule has 0 unspecified atom stereocenters. The molecule has 1 amide bonds. The summed E-state index contributed by atoms with van der Waals surface area (Å²) in [5.74, 6) is 1.21. The van der Waals surface area contributed by atoms with Crippen molar-refractivity contribution in [3.05, 3.63) is 78.4 Å². The molecule has 160 valence electrons. The van der Waals surface area contributed by atoms with Gasteiger partial charge in [-0.1, -0.05) is 18.2 Å². The van der Waals surface area contributed by atoms with Gasteiger partial charge in [0, 0.05) is 37.2 Å². The van der Waals surface area contributed by atoms with Gasteiger partial charge in [-0.05, 0) is 41.0 Å². The Balaban J connectivity index is 1.73. The van der Waals surface area contributed by atoms with Crippen molar-refractivity contribution in [3.8, 4) is 17.2 Å². The van der Waals surface area contributed by atoms with Gasteiger partial charge >= 0.3 is 0 Å². The van der Waals surface area contributed by atoms with E-state index in [0.29, 0.717) is 37.8 Å². The maximum Gasteiger partial charge on any atom is 0.247 e. The predicted molar refractivity (Wildman–Crippen MR) is 118 cm³/mol. The minimum atomic E-state index is -0.0354. The molecule has 0 saturated carbocycles. The van der Waals surface area contributed by atoms with Crippen molar-refractivity contribution in [3.63, 3.8) is 0 Å². The average Bonchev–Trinajstić information content (AvgIpc) is 3.38. The van der Waals surface area contributed by atoms with E-state index in [1.807, 2.05) is 58.1 Å². The third kappa shape index (κ3) is 4.62. The van der Waals surface area contributed by atoms with Gasteiger partial charge in [0.15, 0.2) is 11.5 Å². The van der Waals surface area contributed by atoms with Crippen molar-refractivity contribution in [1.29, 1.82) is 0 Å². The molecule has 0 bridgehead atoms. The number of nitrogens with zero attached hydrogens (tertiary/aromatic N) is 3. The molecule has 7 nitrogen and oxygen atoms in total. The highest BCUT2D eigenvalue weighted by Gasteiger charge is 2.18. The maximum absolute atomic E-state index is 13.0. The molecule has 1 fully saturated rings. The van der Waals surface area contributed by atoms with Gasteiger partial charge in [0.25, 0.3) is 0 Å². The van der Waals surface area contributed by atoms with Gasteiger partial charge in [-0.15, -0.1) is 0 Å². The van der Waals surface area contributed by atoms with Crippen LogP contribution in [-0.4, -0.2) is 60.9 Å². The molecule has 3 aromatic rings. The van der Waals surface area contributed by atoms with E-state index in [-0.39, 0.29) is 5.91 Å². The normalized spacial score (nSPS) is 14.4. The Labute approximate surface area is 181 Å². The summed E-state index contributed by atoms with van der Waals surface area (Å²) in [6.45, 7) is 2.30. The van der Waals surface area contributed by atoms with E-state index in [0.717, 1.165) is 22.4 Å². The lowest BCUT2D eigenvalue weighted by Gasteiger charge is -2.26. The molecular formula is C24H25N3O4. The number of aromatic nitrogens is 2. The molecule has 31 heavy (non-hydrogen) atoms. The van der Waals surface area contributed by atoms with Crippen molar-refractivity contribution in [2.75, 3.05) is 40.5 Å². The van der Waals surface area contributed by atoms with E-state index in [9.17, 15) is 4.79 Å². The van der Waals surface area contributed by atoms with E-state index < -0.39 is 0 Å². The molecule has 0 N–H and O–H groups in total. The molecule has 2 aromatic carbocycles. The highest BCUT2D eigenvalue weighted by atomic mass is 16.5. The summed E-state index contributed by atoms with van der Waals surface area (Å²) >= 11 is 0. The number of ether oxygens (including phenoxy) is 3. The lowest BCUT2D eigenvalue weighted by molar-refractivity contribution is -0.129. The van der Waals surface area contributed by atoms with Crippen LogP contribution in [0.25, 0.3) is 11.3 Å². The third-order valence-corrected chi connectivity index (χ3v) is 5.27. The second-order valence-electron chi connectivity index (χ2n) is 7.08. The lowest BCUT2D eigenvalue weighted by Crippen LogP contribution is -2.39. The van der Waals surface area contributed by atoms with E-state index >= 15 is 0 Å². The van der Waals surface area contributed by atoms with Crippen LogP contribution in [0.4, 0.5) is 0 Å². The van der Waals surface area contributed by atoms with Crippen LogP contribution in [0.5, 0.6) is 11.5 Å². The van der Waals surface area contributed by atoms with Gasteiger partial charge in [-0.3, -0.25) is 4.79 Å². The average molecular weight is 419 g/mol. The first-order chi connectivity index (χ1) is 15.2. The fourth-order valence-corrected chi connectivity index (χ4v) is 3.56. The second kappa shape index (κ2) is 9.49. The molecule has 0 aliphatic carbocycles. The summed E-state index contributed by atoms with van der Waals surface area (Å²) in [6, 6.07) is 13.7. The molecule has 0 atom stereocenters. The monoisotopic (exact) mass is 419 g/mol. The summed E-state index contributed by atoms with van der Waals surface area (Å²) in [5.41, 5.74) is 3.61. The number of amides is 1. The first kappa shape index (κ1) is 20.7. The zero-order valence-electron chi connectivity index (χ0n) is 17.7. The van der Waals surface area contributed by atoms with Crippen LogP contribution < -0.4 is 9.47 Å². The van der Waals surface area contributed by atoms with Gasteiger partial charge < -0.3 is 23.7 Å². The minimum Gasteiger partial charge on any atom is -0.493 e. The highest BCUT2D eigenvalue weighted by Crippen LogP contribution is 2.33.